The molecule has 2 atom stereocenters. The van der Waals surface area contributed by atoms with Gasteiger partial charge in [-0.2, -0.15) is 12.6 Å². The van der Waals surface area contributed by atoms with Crippen LogP contribution in [0.4, 0.5) is 0 Å². The molecule has 0 aromatic heterocycles. The second-order valence-corrected chi connectivity index (χ2v) is 10.0. The van der Waals surface area contributed by atoms with E-state index in [-0.39, 0.29) is 6.10 Å². The Morgan fingerprint density at radius 3 is 2.24 bits per heavy atom. The van der Waals surface area contributed by atoms with Gasteiger partial charge in [0.25, 0.3) is 5.17 Å². The number of unbranched alkanes of at least 4 members (excludes halogenated alkanes) is 1. The minimum atomic E-state index is -2.50. The van der Waals surface area contributed by atoms with Crippen LogP contribution in [0.15, 0.2) is 0 Å². The number of nitrogens with one attached hydrogen (secondary N) is 1. The topological polar surface area (TPSA) is 49.0 Å². The van der Waals surface area contributed by atoms with Crippen LogP contribution in [-0.2, 0) is 18.0 Å². The molecule has 0 aliphatic rings. The second kappa shape index (κ2) is 15.2. The Morgan fingerprint density at radius 1 is 1.12 bits per heavy atom. The summed E-state index contributed by atoms with van der Waals surface area (Å²) >= 11 is 9.74. The van der Waals surface area contributed by atoms with Gasteiger partial charge >= 0.3 is 8.80 Å². The van der Waals surface area contributed by atoms with Gasteiger partial charge in [-0.25, -0.2) is 0 Å². The van der Waals surface area contributed by atoms with Crippen molar-refractivity contribution in [2.45, 2.75) is 64.5 Å². The van der Waals surface area contributed by atoms with Gasteiger partial charge in [0, 0.05) is 39.7 Å². The van der Waals surface area contributed by atoms with Crippen LogP contribution in [0.1, 0.15) is 52.4 Å². The van der Waals surface area contributed by atoms with Gasteiger partial charge in [0.1, 0.15) is 6.10 Å². The zero-order valence-corrected chi connectivity index (χ0v) is 19.2. The Hall–Kier alpha value is 0.137. The molecular weight excluding hydrogens is 374 g/mol. The molecule has 0 heterocycles. The zero-order chi connectivity index (χ0) is 19.1. The van der Waals surface area contributed by atoms with Crippen molar-refractivity contribution in [1.82, 2.24) is 5.32 Å². The average molecular weight is 412 g/mol. The maximum atomic E-state index is 5.88. The van der Waals surface area contributed by atoms with Crippen molar-refractivity contribution in [3.05, 3.63) is 0 Å². The molecule has 5 nitrogen and oxygen atoms in total. The molecule has 1 N–H and O–H groups in total. The minimum Gasteiger partial charge on any atom is -0.467 e. The molecule has 0 fully saturated rings. The fourth-order valence-corrected chi connectivity index (χ4v) is 4.94. The van der Waals surface area contributed by atoms with Gasteiger partial charge in [-0.1, -0.05) is 39.5 Å². The SMILES string of the molecule is CCCCC(CC)CC(CS)OC(=S)NCCC[Si](OC)(OC)OC. The van der Waals surface area contributed by atoms with Gasteiger partial charge in [0.15, 0.2) is 0 Å². The number of ether oxygens (including phenoxy) is 1. The highest BCUT2D eigenvalue weighted by atomic mass is 32.1. The molecule has 0 aliphatic carbocycles. The maximum Gasteiger partial charge on any atom is 0.500 e. The standard InChI is InChI=1S/C17H37NO4S2Si/c1-6-8-10-15(7-2)13-16(14-23)22-17(24)18-11-9-12-25(19-3,20-4)21-5/h15-16,23H,6-14H2,1-5H3,(H,18,24). The van der Waals surface area contributed by atoms with Crippen molar-refractivity contribution in [3.8, 4) is 0 Å². The third-order valence-electron chi connectivity index (χ3n) is 4.48. The van der Waals surface area contributed by atoms with Crippen LogP contribution in [0, 0.1) is 5.92 Å². The van der Waals surface area contributed by atoms with E-state index in [0.717, 1.165) is 18.9 Å². The molecule has 0 aliphatic heterocycles. The van der Waals surface area contributed by atoms with Crippen molar-refractivity contribution in [2.75, 3.05) is 33.6 Å². The zero-order valence-electron chi connectivity index (χ0n) is 16.5. The Labute approximate surface area is 166 Å². The van der Waals surface area contributed by atoms with Crippen molar-refractivity contribution < 1.29 is 18.0 Å². The summed E-state index contributed by atoms with van der Waals surface area (Å²) in [6.45, 7) is 5.17. The normalized spacial score (nSPS) is 14.2. The first-order chi connectivity index (χ1) is 12.0. The average Bonchev–Trinajstić information content (AvgIpc) is 2.64. The molecule has 0 saturated carbocycles. The molecular formula is C17H37NO4S2Si. The Morgan fingerprint density at radius 2 is 1.76 bits per heavy atom. The van der Waals surface area contributed by atoms with Crippen molar-refractivity contribution >= 4 is 38.8 Å². The molecule has 150 valence electrons. The second-order valence-electron chi connectivity index (χ2n) is 6.19. The van der Waals surface area contributed by atoms with E-state index in [1.54, 1.807) is 21.3 Å². The van der Waals surface area contributed by atoms with Gasteiger partial charge in [-0.05, 0) is 31.0 Å². The van der Waals surface area contributed by atoms with Crippen LogP contribution in [0.25, 0.3) is 0 Å². The summed E-state index contributed by atoms with van der Waals surface area (Å²) in [5.41, 5.74) is 0. The number of hydrogen-bond acceptors (Lipinski definition) is 6. The molecule has 8 heteroatoms. The van der Waals surface area contributed by atoms with Crippen LogP contribution in [0.3, 0.4) is 0 Å². The first-order valence-corrected chi connectivity index (χ1v) is 12.2. The predicted octanol–water partition coefficient (Wildman–Crippen LogP) is 4.05. The Balaban J connectivity index is 4.16. The Kier molecular flexibility index (Phi) is 15.3. The first kappa shape index (κ1) is 25.1. The Bertz CT molecular complexity index is 338. The van der Waals surface area contributed by atoms with Crippen LogP contribution >= 0.6 is 24.8 Å². The van der Waals surface area contributed by atoms with E-state index in [4.69, 9.17) is 30.2 Å². The van der Waals surface area contributed by atoms with Crippen molar-refractivity contribution in [1.29, 1.82) is 0 Å². The lowest BCUT2D eigenvalue weighted by atomic mass is 9.93. The van der Waals surface area contributed by atoms with Gasteiger partial charge in [0.05, 0.1) is 0 Å². The molecule has 0 saturated heterocycles. The highest BCUT2D eigenvalue weighted by molar-refractivity contribution is 7.80. The van der Waals surface area contributed by atoms with Gasteiger partial charge < -0.3 is 23.3 Å². The summed E-state index contributed by atoms with van der Waals surface area (Å²) in [6.07, 6.45) is 6.84. The molecule has 0 amide bonds. The molecule has 0 rings (SSSR count). The first-order valence-electron chi connectivity index (χ1n) is 9.21. The number of thiol groups is 1. The van der Waals surface area contributed by atoms with Crippen LogP contribution in [-0.4, -0.2) is 53.7 Å². The van der Waals surface area contributed by atoms with Gasteiger partial charge in [-0.15, -0.1) is 0 Å². The monoisotopic (exact) mass is 411 g/mol. The lowest BCUT2D eigenvalue weighted by molar-refractivity contribution is 0.123. The molecule has 0 bridgehead atoms. The van der Waals surface area contributed by atoms with Gasteiger partial charge in [0.2, 0.25) is 0 Å². The predicted molar refractivity (Wildman–Crippen MR) is 113 cm³/mol. The van der Waals surface area contributed by atoms with E-state index in [2.05, 4.69) is 31.8 Å². The lowest BCUT2D eigenvalue weighted by Gasteiger charge is -2.25. The van der Waals surface area contributed by atoms with Gasteiger partial charge in [-0.3, -0.25) is 0 Å². The lowest BCUT2D eigenvalue weighted by Crippen LogP contribution is -2.43. The van der Waals surface area contributed by atoms with E-state index in [0.29, 0.717) is 23.4 Å². The van der Waals surface area contributed by atoms with E-state index >= 15 is 0 Å². The van der Waals surface area contributed by atoms with E-state index < -0.39 is 8.80 Å². The quantitative estimate of drug-likeness (QED) is 0.183. The maximum absolute atomic E-state index is 5.88. The van der Waals surface area contributed by atoms with E-state index in [1.807, 2.05) is 0 Å². The highest BCUT2D eigenvalue weighted by Gasteiger charge is 2.36. The van der Waals surface area contributed by atoms with E-state index in [9.17, 15) is 0 Å². The number of rotatable bonds is 15. The highest BCUT2D eigenvalue weighted by Crippen LogP contribution is 2.21. The van der Waals surface area contributed by atoms with Crippen molar-refractivity contribution in [2.24, 2.45) is 5.92 Å². The smallest absolute Gasteiger partial charge is 0.467 e. The third kappa shape index (κ3) is 10.8. The van der Waals surface area contributed by atoms with Crippen LogP contribution in [0.5, 0.6) is 0 Å². The van der Waals surface area contributed by atoms with Crippen molar-refractivity contribution in [3.63, 3.8) is 0 Å². The summed E-state index contributed by atoms with van der Waals surface area (Å²) < 4.78 is 22.1. The molecule has 0 aromatic rings. The minimum absolute atomic E-state index is 0.0653. The summed E-state index contributed by atoms with van der Waals surface area (Å²) in [5.74, 6) is 1.36. The summed E-state index contributed by atoms with van der Waals surface area (Å²) in [5, 5.41) is 3.61. The molecule has 25 heavy (non-hydrogen) atoms. The number of hydrogen-bond donors (Lipinski definition) is 2. The molecule has 0 aromatic carbocycles. The van der Waals surface area contributed by atoms with E-state index in [1.165, 1.54) is 25.7 Å². The third-order valence-corrected chi connectivity index (χ3v) is 7.96. The molecule has 2 unspecified atom stereocenters. The van der Waals surface area contributed by atoms with Crippen LogP contribution < -0.4 is 5.32 Å². The number of thiocarbonyl (C=S) groups is 1. The van der Waals surface area contributed by atoms with Crippen LogP contribution in [0.2, 0.25) is 6.04 Å². The fourth-order valence-electron chi connectivity index (χ4n) is 2.76. The summed E-state index contributed by atoms with van der Waals surface area (Å²) in [6, 6.07) is 0.733. The largest absolute Gasteiger partial charge is 0.500 e. The fraction of sp³-hybridized carbons (Fsp3) is 0.941. The molecule has 0 radical (unpaired) electrons. The summed E-state index contributed by atoms with van der Waals surface area (Å²) in [7, 11) is 2.37. The summed E-state index contributed by atoms with van der Waals surface area (Å²) in [4.78, 5) is 0. The molecule has 0 spiro atoms.